The molecule has 0 amide bonds. The van der Waals surface area contributed by atoms with Crippen molar-refractivity contribution < 1.29 is 10.2 Å². The first-order valence-corrected chi connectivity index (χ1v) is 4.65. The van der Waals surface area contributed by atoms with Crippen molar-refractivity contribution in [3.63, 3.8) is 0 Å². The van der Waals surface area contributed by atoms with E-state index in [4.69, 9.17) is 0 Å². The zero-order valence-electron chi connectivity index (χ0n) is 7.88. The highest BCUT2D eigenvalue weighted by Gasteiger charge is 2.38. The molecule has 2 atom stereocenters. The van der Waals surface area contributed by atoms with Crippen LogP contribution in [-0.2, 0) is 0 Å². The maximum atomic E-state index is 10.1. The topological polar surface area (TPSA) is 40.5 Å². The highest BCUT2D eigenvalue weighted by Crippen LogP contribution is 2.34. The molecule has 0 radical (unpaired) electrons. The van der Waals surface area contributed by atoms with Crippen LogP contribution < -0.4 is 0 Å². The van der Waals surface area contributed by atoms with E-state index < -0.39 is 11.7 Å². The van der Waals surface area contributed by atoms with Gasteiger partial charge < -0.3 is 10.2 Å². The molecule has 0 aromatic rings. The Morgan fingerprint density at radius 1 is 1.50 bits per heavy atom. The van der Waals surface area contributed by atoms with Gasteiger partial charge in [0.1, 0.15) is 5.60 Å². The van der Waals surface area contributed by atoms with Gasteiger partial charge in [0.05, 0.1) is 6.10 Å². The van der Waals surface area contributed by atoms with Crippen molar-refractivity contribution in [1.29, 1.82) is 0 Å². The lowest BCUT2D eigenvalue weighted by atomic mass is 9.77. The summed E-state index contributed by atoms with van der Waals surface area (Å²) in [6.45, 7) is 3.78. The van der Waals surface area contributed by atoms with Gasteiger partial charge in [-0.3, -0.25) is 0 Å². The summed E-state index contributed by atoms with van der Waals surface area (Å²) in [6, 6.07) is 0. The lowest BCUT2D eigenvalue weighted by Crippen LogP contribution is -2.45. The van der Waals surface area contributed by atoms with Crippen LogP contribution in [0.3, 0.4) is 0 Å². The predicted molar refractivity (Wildman–Crippen MR) is 48.9 cm³/mol. The van der Waals surface area contributed by atoms with Crippen LogP contribution in [0.5, 0.6) is 0 Å². The van der Waals surface area contributed by atoms with Gasteiger partial charge in [0, 0.05) is 0 Å². The van der Waals surface area contributed by atoms with Crippen LogP contribution in [0.2, 0.25) is 0 Å². The Labute approximate surface area is 73.9 Å². The highest BCUT2D eigenvalue weighted by atomic mass is 16.3. The van der Waals surface area contributed by atoms with Crippen LogP contribution in [-0.4, -0.2) is 21.9 Å². The first-order valence-electron chi connectivity index (χ1n) is 4.65. The first kappa shape index (κ1) is 9.75. The molecule has 0 saturated heterocycles. The van der Waals surface area contributed by atoms with Gasteiger partial charge >= 0.3 is 0 Å². The minimum absolute atomic E-state index is 0.567. The molecule has 0 heterocycles. The lowest BCUT2D eigenvalue weighted by molar-refractivity contribution is -0.0734. The van der Waals surface area contributed by atoms with Gasteiger partial charge in [-0.15, -0.1) is 0 Å². The van der Waals surface area contributed by atoms with E-state index in [-0.39, 0.29) is 0 Å². The predicted octanol–water partition coefficient (Wildman–Crippen LogP) is 1.62. The summed E-state index contributed by atoms with van der Waals surface area (Å²) in [5.74, 6) is 0. The molecule has 0 aromatic carbocycles. The number of rotatable bonds is 1. The summed E-state index contributed by atoms with van der Waals surface area (Å²) in [5.41, 5.74) is -0.0396. The van der Waals surface area contributed by atoms with Gasteiger partial charge in [0.2, 0.25) is 0 Å². The SMILES string of the molecule is CC=C(C)C1(O)CCCCC1O. The summed E-state index contributed by atoms with van der Waals surface area (Å²) >= 11 is 0. The van der Waals surface area contributed by atoms with Crippen LogP contribution in [0.25, 0.3) is 0 Å². The Hall–Kier alpha value is -0.340. The molecule has 1 rings (SSSR count). The van der Waals surface area contributed by atoms with E-state index in [1.165, 1.54) is 0 Å². The minimum Gasteiger partial charge on any atom is -0.390 e. The van der Waals surface area contributed by atoms with Crippen molar-refractivity contribution in [2.45, 2.75) is 51.2 Å². The highest BCUT2D eigenvalue weighted by molar-refractivity contribution is 5.17. The molecule has 2 unspecified atom stereocenters. The second-order valence-electron chi connectivity index (χ2n) is 3.66. The first-order chi connectivity index (χ1) is 5.61. The van der Waals surface area contributed by atoms with Crippen molar-refractivity contribution >= 4 is 0 Å². The second kappa shape index (κ2) is 3.58. The molecule has 70 valence electrons. The van der Waals surface area contributed by atoms with Crippen LogP contribution in [0.15, 0.2) is 11.6 Å². The molecule has 12 heavy (non-hydrogen) atoms. The van der Waals surface area contributed by atoms with Crippen molar-refractivity contribution in [1.82, 2.24) is 0 Å². The summed E-state index contributed by atoms with van der Waals surface area (Å²) in [4.78, 5) is 0. The van der Waals surface area contributed by atoms with E-state index in [1.807, 2.05) is 19.9 Å². The van der Waals surface area contributed by atoms with Gasteiger partial charge in [0.25, 0.3) is 0 Å². The molecule has 2 heteroatoms. The second-order valence-corrected chi connectivity index (χ2v) is 3.66. The van der Waals surface area contributed by atoms with Crippen LogP contribution >= 0.6 is 0 Å². The molecular weight excluding hydrogens is 152 g/mol. The molecule has 2 nitrogen and oxygen atoms in total. The van der Waals surface area contributed by atoms with Gasteiger partial charge in [-0.25, -0.2) is 0 Å². The molecule has 1 fully saturated rings. The quantitative estimate of drug-likeness (QED) is 0.587. The molecule has 1 aliphatic rings. The fourth-order valence-electron chi connectivity index (χ4n) is 1.85. The molecule has 1 saturated carbocycles. The smallest absolute Gasteiger partial charge is 0.111 e. The Bertz CT molecular complexity index is 186. The Morgan fingerprint density at radius 3 is 2.67 bits per heavy atom. The number of hydrogen-bond acceptors (Lipinski definition) is 2. The van der Waals surface area contributed by atoms with Crippen molar-refractivity contribution in [3.8, 4) is 0 Å². The number of hydrogen-bond donors (Lipinski definition) is 2. The van der Waals surface area contributed by atoms with E-state index in [0.717, 1.165) is 24.8 Å². The van der Waals surface area contributed by atoms with E-state index in [2.05, 4.69) is 0 Å². The third-order valence-corrected chi connectivity index (χ3v) is 2.95. The van der Waals surface area contributed by atoms with Crippen LogP contribution in [0, 0.1) is 0 Å². The van der Waals surface area contributed by atoms with Gasteiger partial charge in [-0.05, 0) is 32.3 Å². The van der Waals surface area contributed by atoms with Crippen molar-refractivity contribution in [3.05, 3.63) is 11.6 Å². The molecule has 0 spiro atoms. The van der Waals surface area contributed by atoms with Gasteiger partial charge in [-0.2, -0.15) is 0 Å². The van der Waals surface area contributed by atoms with Gasteiger partial charge in [0.15, 0.2) is 0 Å². The minimum atomic E-state index is -0.937. The standard InChI is InChI=1S/C10H18O2/c1-3-8(2)10(12)7-5-4-6-9(10)11/h3,9,11-12H,4-7H2,1-2H3. The third-order valence-electron chi connectivity index (χ3n) is 2.95. The average molecular weight is 170 g/mol. The fourth-order valence-corrected chi connectivity index (χ4v) is 1.85. The average Bonchev–Trinajstić information content (AvgIpc) is 2.09. The Kier molecular flexibility index (Phi) is 2.91. The molecule has 2 N–H and O–H groups in total. The van der Waals surface area contributed by atoms with Crippen molar-refractivity contribution in [2.24, 2.45) is 0 Å². The molecule has 1 aliphatic carbocycles. The molecule has 0 bridgehead atoms. The fraction of sp³-hybridized carbons (Fsp3) is 0.800. The maximum absolute atomic E-state index is 10.1. The van der Waals surface area contributed by atoms with Crippen LogP contribution in [0.1, 0.15) is 39.5 Å². The lowest BCUT2D eigenvalue weighted by Gasteiger charge is -2.37. The van der Waals surface area contributed by atoms with E-state index in [1.54, 1.807) is 0 Å². The summed E-state index contributed by atoms with van der Waals surface area (Å²) in [7, 11) is 0. The number of allylic oxidation sites excluding steroid dienone is 1. The zero-order valence-corrected chi connectivity index (χ0v) is 7.88. The zero-order chi connectivity index (χ0) is 9.19. The monoisotopic (exact) mass is 170 g/mol. The largest absolute Gasteiger partial charge is 0.390 e. The third kappa shape index (κ3) is 1.54. The number of aliphatic hydroxyl groups excluding tert-OH is 1. The summed E-state index contributed by atoms with van der Waals surface area (Å²) in [5, 5.41) is 19.7. The van der Waals surface area contributed by atoms with Crippen molar-refractivity contribution in [2.75, 3.05) is 0 Å². The maximum Gasteiger partial charge on any atom is 0.111 e. The Morgan fingerprint density at radius 2 is 2.17 bits per heavy atom. The van der Waals surface area contributed by atoms with E-state index in [0.29, 0.717) is 6.42 Å². The normalized spacial score (nSPS) is 38.3. The Balaban J connectivity index is 2.79. The molecule has 0 aromatic heterocycles. The van der Waals surface area contributed by atoms with E-state index in [9.17, 15) is 10.2 Å². The van der Waals surface area contributed by atoms with Gasteiger partial charge in [-0.1, -0.05) is 18.9 Å². The number of aliphatic hydroxyl groups is 2. The summed E-state index contributed by atoms with van der Waals surface area (Å²) < 4.78 is 0. The molecular formula is C10H18O2. The van der Waals surface area contributed by atoms with Crippen LogP contribution in [0.4, 0.5) is 0 Å². The molecule has 0 aliphatic heterocycles. The summed E-state index contributed by atoms with van der Waals surface area (Å²) in [6.07, 6.45) is 4.78. The van der Waals surface area contributed by atoms with E-state index >= 15 is 0 Å².